The van der Waals surface area contributed by atoms with E-state index in [1.807, 2.05) is 13.8 Å². The first-order chi connectivity index (χ1) is 6.95. The van der Waals surface area contributed by atoms with Gasteiger partial charge in [0.2, 0.25) is 5.88 Å². The summed E-state index contributed by atoms with van der Waals surface area (Å²) in [6.45, 7) is 5.52. The molecule has 1 atom stereocenters. The van der Waals surface area contributed by atoms with E-state index in [1.165, 1.54) is 6.33 Å². The summed E-state index contributed by atoms with van der Waals surface area (Å²) in [7, 11) is 1.55. The molecule has 0 saturated carbocycles. The third-order valence-corrected chi connectivity index (χ3v) is 2.35. The second-order valence-corrected chi connectivity index (χ2v) is 3.97. The summed E-state index contributed by atoms with van der Waals surface area (Å²) in [5.74, 6) is 1.13. The Balaban J connectivity index is 2.80. The molecular formula is C10H17N3O2. The van der Waals surface area contributed by atoms with Crippen LogP contribution in [0.4, 0.5) is 5.82 Å². The molecule has 0 amide bonds. The minimum Gasteiger partial charge on any atom is -0.481 e. The third kappa shape index (κ3) is 3.06. The van der Waals surface area contributed by atoms with Gasteiger partial charge >= 0.3 is 0 Å². The zero-order valence-electron chi connectivity index (χ0n) is 9.48. The van der Waals surface area contributed by atoms with E-state index in [0.717, 1.165) is 0 Å². The molecule has 0 fully saturated rings. The number of nitrogens with one attached hydrogen (secondary N) is 1. The molecule has 5 heteroatoms. The minimum atomic E-state index is -0.488. The maximum absolute atomic E-state index is 9.53. The van der Waals surface area contributed by atoms with Gasteiger partial charge in [-0.15, -0.1) is 0 Å². The first-order valence-electron chi connectivity index (χ1n) is 4.78. The van der Waals surface area contributed by atoms with Crippen molar-refractivity contribution >= 4 is 5.82 Å². The largest absolute Gasteiger partial charge is 0.481 e. The van der Waals surface area contributed by atoms with Crippen LogP contribution < -0.4 is 10.1 Å². The maximum atomic E-state index is 9.53. The SMILES string of the molecule is COc1cc(NC(C)(C)C(C)O)ncn1. The molecule has 0 aliphatic carbocycles. The normalized spacial score (nSPS) is 13.4. The zero-order valence-corrected chi connectivity index (χ0v) is 9.48. The van der Waals surface area contributed by atoms with E-state index in [4.69, 9.17) is 4.74 Å². The van der Waals surface area contributed by atoms with Gasteiger partial charge in [-0.3, -0.25) is 0 Å². The zero-order chi connectivity index (χ0) is 11.5. The number of rotatable bonds is 4. The molecule has 0 spiro atoms. The van der Waals surface area contributed by atoms with E-state index < -0.39 is 11.6 Å². The number of hydrogen-bond acceptors (Lipinski definition) is 5. The van der Waals surface area contributed by atoms with Crippen LogP contribution in [0.1, 0.15) is 20.8 Å². The number of nitrogens with zero attached hydrogens (tertiary/aromatic N) is 2. The summed E-state index contributed by atoms with van der Waals surface area (Å²) >= 11 is 0. The van der Waals surface area contributed by atoms with Gasteiger partial charge in [0.1, 0.15) is 12.1 Å². The molecule has 2 N–H and O–H groups in total. The number of ether oxygens (including phenoxy) is 1. The molecule has 1 aromatic rings. The number of methoxy groups -OCH3 is 1. The smallest absolute Gasteiger partial charge is 0.218 e. The van der Waals surface area contributed by atoms with Crippen LogP contribution in [0.2, 0.25) is 0 Å². The number of aliphatic hydroxyl groups is 1. The van der Waals surface area contributed by atoms with Crippen LogP contribution in [0.3, 0.4) is 0 Å². The Morgan fingerprint density at radius 2 is 2.13 bits per heavy atom. The van der Waals surface area contributed by atoms with E-state index in [9.17, 15) is 5.11 Å². The molecule has 5 nitrogen and oxygen atoms in total. The van der Waals surface area contributed by atoms with E-state index in [-0.39, 0.29) is 0 Å². The summed E-state index contributed by atoms with van der Waals surface area (Å²) in [6, 6.07) is 1.68. The van der Waals surface area contributed by atoms with Gasteiger partial charge in [-0.05, 0) is 20.8 Å². The van der Waals surface area contributed by atoms with Crippen molar-refractivity contribution in [1.82, 2.24) is 9.97 Å². The van der Waals surface area contributed by atoms with Gasteiger partial charge in [0.25, 0.3) is 0 Å². The standard InChI is InChI=1S/C10H17N3O2/c1-7(14)10(2,3)13-8-5-9(15-4)12-6-11-8/h5-7,14H,1-4H3,(H,11,12,13). The average molecular weight is 211 g/mol. The minimum absolute atomic E-state index is 0.445. The lowest BCUT2D eigenvalue weighted by atomic mass is 9.99. The van der Waals surface area contributed by atoms with E-state index in [1.54, 1.807) is 20.1 Å². The van der Waals surface area contributed by atoms with Gasteiger partial charge in [-0.25, -0.2) is 9.97 Å². The Morgan fingerprint density at radius 3 is 2.67 bits per heavy atom. The van der Waals surface area contributed by atoms with E-state index in [0.29, 0.717) is 11.7 Å². The Labute approximate surface area is 89.5 Å². The highest BCUT2D eigenvalue weighted by molar-refractivity contribution is 5.39. The van der Waals surface area contributed by atoms with Gasteiger partial charge in [-0.2, -0.15) is 0 Å². The summed E-state index contributed by atoms with van der Waals surface area (Å²) < 4.78 is 4.98. The number of aliphatic hydroxyl groups excluding tert-OH is 1. The highest BCUT2D eigenvalue weighted by Gasteiger charge is 2.24. The lowest BCUT2D eigenvalue weighted by Gasteiger charge is -2.29. The third-order valence-electron chi connectivity index (χ3n) is 2.35. The van der Waals surface area contributed by atoms with Crippen molar-refractivity contribution in [3.8, 4) is 5.88 Å². The second kappa shape index (κ2) is 4.44. The van der Waals surface area contributed by atoms with Gasteiger partial charge in [0.05, 0.1) is 18.8 Å². The molecule has 1 heterocycles. The molecule has 0 radical (unpaired) electrons. The van der Waals surface area contributed by atoms with E-state index >= 15 is 0 Å². The van der Waals surface area contributed by atoms with Gasteiger partial charge in [0, 0.05) is 6.07 Å². The molecule has 15 heavy (non-hydrogen) atoms. The highest BCUT2D eigenvalue weighted by atomic mass is 16.5. The molecule has 1 aromatic heterocycles. The predicted molar refractivity (Wildman–Crippen MR) is 58.0 cm³/mol. The number of hydrogen-bond donors (Lipinski definition) is 2. The fourth-order valence-corrected chi connectivity index (χ4v) is 0.954. The van der Waals surface area contributed by atoms with Crippen LogP contribution in [0.25, 0.3) is 0 Å². The maximum Gasteiger partial charge on any atom is 0.218 e. The quantitative estimate of drug-likeness (QED) is 0.779. The van der Waals surface area contributed by atoms with Crippen molar-refractivity contribution < 1.29 is 9.84 Å². The van der Waals surface area contributed by atoms with E-state index in [2.05, 4.69) is 15.3 Å². The highest BCUT2D eigenvalue weighted by Crippen LogP contribution is 2.18. The van der Waals surface area contributed by atoms with Crippen LogP contribution in [-0.2, 0) is 0 Å². The Hall–Kier alpha value is -1.36. The second-order valence-electron chi connectivity index (χ2n) is 3.97. The number of anilines is 1. The lowest BCUT2D eigenvalue weighted by molar-refractivity contribution is 0.133. The summed E-state index contributed by atoms with van der Waals surface area (Å²) in [6.07, 6.45) is 0.928. The van der Waals surface area contributed by atoms with Gasteiger partial charge in [0.15, 0.2) is 0 Å². The Bertz CT molecular complexity index is 326. The van der Waals surface area contributed by atoms with Crippen molar-refractivity contribution in [2.75, 3.05) is 12.4 Å². The Kier molecular flexibility index (Phi) is 3.47. The van der Waals surface area contributed by atoms with Gasteiger partial charge in [-0.1, -0.05) is 0 Å². The van der Waals surface area contributed by atoms with Crippen LogP contribution in [0.5, 0.6) is 5.88 Å². The number of aromatic nitrogens is 2. The van der Waals surface area contributed by atoms with Crippen molar-refractivity contribution in [3.63, 3.8) is 0 Å². The van der Waals surface area contributed by atoms with Crippen LogP contribution in [0, 0.1) is 0 Å². The summed E-state index contributed by atoms with van der Waals surface area (Å²) in [5, 5.41) is 12.6. The van der Waals surface area contributed by atoms with Crippen LogP contribution in [0.15, 0.2) is 12.4 Å². The van der Waals surface area contributed by atoms with Crippen molar-refractivity contribution in [2.45, 2.75) is 32.4 Å². The molecule has 1 unspecified atom stereocenters. The fourth-order valence-electron chi connectivity index (χ4n) is 0.954. The van der Waals surface area contributed by atoms with Crippen molar-refractivity contribution in [3.05, 3.63) is 12.4 Å². The van der Waals surface area contributed by atoms with Crippen LogP contribution >= 0.6 is 0 Å². The van der Waals surface area contributed by atoms with Crippen molar-refractivity contribution in [1.29, 1.82) is 0 Å². The predicted octanol–water partition coefficient (Wildman–Crippen LogP) is 1.06. The topological polar surface area (TPSA) is 67.3 Å². The molecule has 0 aliphatic heterocycles. The molecule has 1 rings (SSSR count). The first-order valence-corrected chi connectivity index (χ1v) is 4.78. The molecule has 0 aromatic carbocycles. The van der Waals surface area contributed by atoms with Crippen molar-refractivity contribution in [2.24, 2.45) is 0 Å². The van der Waals surface area contributed by atoms with Crippen LogP contribution in [-0.4, -0.2) is 33.8 Å². The fraction of sp³-hybridized carbons (Fsp3) is 0.600. The molecule has 0 saturated heterocycles. The lowest BCUT2D eigenvalue weighted by Crippen LogP contribution is -2.42. The summed E-state index contributed by atoms with van der Waals surface area (Å²) in [4.78, 5) is 7.94. The average Bonchev–Trinajstić information content (AvgIpc) is 2.17. The molecule has 84 valence electrons. The molecule has 0 bridgehead atoms. The Morgan fingerprint density at radius 1 is 1.47 bits per heavy atom. The van der Waals surface area contributed by atoms with Gasteiger partial charge < -0.3 is 15.2 Å². The molecular weight excluding hydrogens is 194 g/mol. The molecule has 0 aliphatic rings. The summed E-state index contributed by atoms with van der Waals surface area (Å²) in [5.41, 5.74) is -0.445. The monoisotopic (exact) mass is 211 g/mol. The first kappa shape index (κ1) is 11.7.